The molecule has 1 aromatic carbocycles. The Morgan fingerprint density at radius 3 is 3.00 bits per heavy atom. The Labute approximate surface area is 106 Å². The van der Waals surface area contributed by atoms with Crippen LogP contribution in [-0.2, 0) is 11.2 Å². The molecular formula is C14H18O4. The Morgan fingerprint density at radius 2 is 2.22 bits per heavy atom. The lowest BCUT2D eigenvalue weighted by Crippen LogP contribution is -2.50. The van der Waals surface area contributed by atoms with Crippen LogP contribution in [0, 0.1) is 12.8 Å². The fraction of sp³-hybridized carbons (Fsp3) is 0.571. The first-order valence-corrected chi connectivity index (χ1v) is 6.38. The van der Waals surface area contributed by atoms with Crippen molar-refractivity contribution in [3.8, 4) is 5.75 Å². The van der Waals surface area contributed by atoms with E-state index >= 15 is 0 Å². The average molecular weight is 250 g/mol. The van der Waals surface area contributed by atoms with Crippen LogP contribution >= 0.6 is 0 Å². The molecule has 0 bridgehead atoms. The Balaban J connectivity index is 1.87. The van der Waals surface area contributed by atoms with Crippen molar-refractivity contribution in [3.63, 3.8) is 0 Å². The molecule has 18 heavy (non-hydrogen) atoms. The maximum atomic E-state index is 10.1. The molecule has 2 aliphatic heterocycles. The second kappa shape index (κ2) is 4.53. The average Bonchev–Trinajstić information content (AvgIpc) is 2.36. The van der Waals surface area contributed by atoms with E-state index in [1.807, 2.05) is 19.1 Å². The maximum Gasteiger partial charge on any atom is 0.205 e. The molecule has 0 aliphatic carbocycles. The van der Waals surface area contributed by atoms with Gasteiger partial charge in [0.25, 0.3) is 0 Å². The van der Waals surface area contributed by atoms with E-state index in [4.69, 9.17) is 14.6 Å². The quantitative estimate of drug-likeness (QED) is 0.781. The van der Waals surface area contributed by atoms with Gasteiger partial charge >= 0.3 is 0 Å². The van der Waals surface area contributed by atoms with Gasteiger partial charge in [-0.2, -0.15) is 0 Å². The standard InChI is InChI=1S/C14H18O4/c1-8-2-3-9-5-11-12(16)6-10(7-15)17-14(11)18-13(9)4-8/h2-4,10-12,14-16H,5-7H2,1H3. The third kappa shape index (κ3) is 2.00. The minimum atomic E-state index is -0.477. The summed E-state index contributed by atoms with van der Waals surface area (Å²) in [6.07, 6.45) is -0.00916. The van der Waals surface area contributed by atoms with E-state index in [1.165, 1.54) is 0 Å². The number of ether oxygens (including phenoxy) is 2. The highest BCUT2D eigenvalue weighted by Crippen LogP contribution is 2.37. The lowest BCUT2D eigenvalue weighted by atomic mass is 9.86. The minimum Gasteiger partial charge on any atom is -0.464 e. The van der Waals surface area contributed by atoms with Crippen LogP contribution in [0.15, 0.2) is 18.2 Å². The SMILES string of the molecule is Cc1ccc2c(c1)OC1OC(CO)CC(O)C1C2. The number of rotatable bonds is 1. The van der Waals surface area contributed by atoms with E-state index in [0.717, 1.165) is 23.3 Å². The van der Waals surface area contributed by atoms with E-state index in [1.54, 1.807) is 0 Å². The lowest BCUT2D eigenvalue weighted by molar-refractivity contribution is -0.224. The molecule has 4 unspecified atom stereocenters. The largest absolute Gasteiger partial charge is 0.464 e. The Morgan fingerprint density at radius 1 is 1.39 bits per heavy atom. The number of aryl methyl sites for hydroxylation is 1. The summed E-state index contributed by atoms with van der Waals surface area (Å²) in [6, 6.07) is 6.09. The second-order valence-corrected chi connectivity index (χ2v) is 5.21. The van der Waals surface area contributed by atoms with Gasteiger partial charge in [0.1, 0.15) is 5.75 Å². The molecule has 0 amide bonds. The van der Waals surface area contributed by atoms with Gasteiger partial charge in [-0.15, -0.1) is 0 Å². The van der Waals surface area contributed by atoms with Crippen LogP contribution in [0.1, 0.15) is 17.5 Å². The molecule has 0 radical (unpaired) electrons. The van der Waals surface area contributed by atoms with Crippen molar-refractivity contribution in [2.24, 2.45) is 5.92 Å². The first-order chi connectivity index (χ1) is 8.67. The van der Waals surface area contributed by atoms with Crippen molar-refractivity contribution < 1.29 is 19.7 Å². The minimum absolute atomic E-state index is 0.0389. The van der Waals surface area contributed by atoms with Gasteiger partial charge in [0.15, 0.2) is 0 Å². The third-order valence-corrected chi connectivity index (χ3v) is 3.80. The molecule has 1 aromatic rings. The van der Waals surface area contributed by atoms with E-state index in [2.05, 4.69) is 6.07 Å². The fourth-order valence-corrected chi connectivity index (χ4v) is 2.76. The normalized spacial score (nSPS) is 34.4. The van der Waals surface area contributed by atoms with Crippen LogP contribution in [0.3, 0.4) is 0 Å². The Kier molecular flexibility index (Phi) is 3.01. The highest BCUT2D eigenvalue weighted by atomic mass is 16.7. The van der Waals surface area contributed by atoms with Gasteiger partial charge in [0.05, 0.1) is 24.7 Å². The van der Waals surface area contributed by atoms with E-state index in [0.29, 0.717) is 6.42 Å². The number of aliphatic hydroxyl groups is 2. The van der Waals surface area contributed by atoms with Gasteiger partial charge in [-0.3, -0.25) is 0 Å². The zero-order valence-electron chi connectivity index (χ0n) is 10.4. The van der Waals surface area contributed by atoms with Crippen molar-refractivity contribution in [1.29, 1.82) is 0 Å². The van der Waals surface area contributed by atoms with Crippen LogP contribution < -0.4 is 4.74 Å². The summed E-state index contributed by atoms with van der Waals surface area (Å²) in [4.78, 5) is 0. The van der Waals surface area contributed by atoms with Gasteiger partial charge in [-0.05, 0) is 30.5 Å². The van der Waals surface area contributed by atoms with E-state index in [9.17, 15) is 5.11 Å². The number of hydrogen-bond acceptors (Lipinski definition) is 4. The van der Waals surface area contributed by atoms with Crippen LogP contribution in [0.2, 0.25) is 0 Å². The molecule has 1 fully saturated rings. The molecule has 1 saturated heterocycles. The van der Waals surface area contributed by atoms with Gasteiger partial charge < -0.3 is 19.7 Å². The van der Waals surface area contributed by atoms with Gasteiger partial charge in [0, 0.05) is 6.42 Å². The Hall–Kier alpha value is -1.10. The van der Waals surface area contributed by atoms with Crippen LogP contribution in [-0.4, -0.2) is 35.3 Å². The third-order valence-electron chi connectivity index (χ3n) is 3.80. The van der Waals surface area contributed by atoms with Crippen molar-refractivity contribution in [1.82, 2.24) is 0 Å². The predicted octanol–water partition coefficient (Wildman–Crippen LogP) is 1.01. The molecule has 0 spiro atoms. The summed E-state index contributed by atoms with van der Waals surface area (Å²) in [6.45, 7) is 1.94. The predicted molar refractivity (Wildman–Crippen MR) is 65.4 cm³/mol. The molecular weight excluding hydrogens is 232 g/mol. The second-order valence-electron chi connectivity index (χ2n) is 5.21. The number of benzene rings is 1. The van der Waals surface area contributed by atoms with Crippen molar-refractivity contribution >= 4 is 0 Å². The molecule has 0 aromatic heterocycles. The van der Waals surface area contributed by atoms with Gasteiger partial charge in [0.2, 0.25) is 6.29 Å². The Bertz CT molecular complexity index is 445. The lowest BCUT2D eigenvalue weighted by Gasteiger charge is -2.42. The van der Waals surface area contributed by atoms with Crippen molar-refractivity contribution in [3.05, 3.63) is 29.3 Å². The first-order valence-electron chi connectivity index (χ1n) is 6.38. The summed E-state index contributed by atoms with van der Waals surface area (Å²) >= 11 is 0. The topological polar surface area (TPSA) is 58.9 Å². The van der Waals surface area contributed by atoms with Crippen LogP contribution in [0.25, 0.3) is 0 Å². The molecule has 3 rings (SSSR count). The molecule has 2 heterocycles. The summed E-state index contributed by atoms with van der Waals surface area (Å²) in [5, 5.41) is 19.3. The number of fused-ring (bicyclic) bond motifs is 2. The molecule has 2 N–H and O–H groups in total. The molecule has 4 atom stereocenters. The zero-order chi connectivity index (χ0) is 12.7. The van der Waals surface area contributed by atoms with Gasteiger partial charge in [-0.1, -0.05) is 12.1 Å². The maximum absolute atomic E-state index is 10.1. The summed E-state index contributed by atoms with van der Waals surface area (Å²) in [5.74, 6) is 0.796. The summed E-state index contributed by atoms with van der Waals surface area (Å²) < 4.78 is 11.5. The molecule has 98 valence electrons. The van der Waals surface area contributed by atoms with E-state index in [-0.39, 0.29) is 18.6 Å². The molecule has 4 heteroatoms. The van der Waals surface area contributed by atoms with Crippen LogP contribution in [0.5, 0.6) is 5.75 Å². The number of hydrogen-bond donors (Lipinski definition) is 2. The fourth-order valence-electron chi connectivity index (χ4n) is 2.76. The summed E-state index contributed by atoms with van der Waals surface area (Å²) in [5.41, 5.74) is 2.26. The monoisotopic (exact) mass is 250 g/mol. The van der Waals surface area contributed by atoms with Crippen molar-refractivity contribution in [2.75, 3.05) is 6.61 Å². The molecule has 2 aliphatic rings. The zero-order valence-corrected chi connectivity index (χ0v) is 10.4. The van der Waals surface area contributed by atoms with Crippen LogP contribution in [0.4, 0.5) is 0 Å². The highest BCUT2D eigenvalue weighted by Gasteiger charge is 2.42. The van der Waals surface area contributed by atoms with E-state index < -0.39 is 12.4 Å². The van der Waals surface area contributed by atoms with Gasteiger partial charge in [-0.25, -0.2) is 0 Å². The first kappa shape index (κ1) is 12.0. The molecule has 4 nitrogen and oxygen atoms in total. The summed E-state index contributed by atoms with van der Waals surface area (Å²) in [7, 11) is 0. The highest BCUT2D eigenvalue weighted by molar-refractivity contribution is 5.39. The number of aliphatic hydroxyl groups excluding tert-OH is 2. The smallest absolute Gasteiger partial charge is 0.205 e. The van der Waals surface area contributed by atoms with Crippen molar-refractivity contribution in [2.45, 2.75) is 38.3 Å². The molecule has 0 saturated carbocycles.